The molecule has 6 heteroatoms. The molecule has 0 fully saturated rings. The second-order valence-corrected chi connectivity index (χ2v) is 3.74. The molecule has 0 aliphatic rings. The summed E-state index contributed by atoms with van der Waals surface area (Å²) in [5.74, 6) is 0.312. The topological polar surface area (TPSA) is 90.7 Å². The maximum Gasteiger partial charge on any atom is 0.338 e. The lowest BCUT2D eigenvalue weighted by Gasteiger charge is -2.06. The van der Waals surface area contributed by atoms with Gasteiger partial charge < -0.3 is 20.5 Å². The van der Waals surface area contributed by atoms with Crippen LogP contribution in [0.5, 0.6) is 5.75 Å². The Labute approximate surface area is 111 Å². The van der Waals surface area contributed by atoms with Crippen molar-refractivity contribution in [1.82, 2.24) is 5.32 Å². The summed E-state index contributed by atoms with van der Waals surface area (Å²) in [6, 6.07) is 6.14. The van der Waals surface area contributed by atoms with Crippen LogP contribution >= 0.6 is 0 Å². The molecule has 0 unspecified atom stereocenters. The normalized spacial score (nSPS) is 9.74. The Bertz CT molecular complexity index is 417. The maximum absolute atomic E-state index is 11.6. The van der Waals surface area contributed by atoms with Crippen LogP contribution < -0.4 is 15.8 Å². The Morgan fingerprint density at radius 2 is 1.95 bits per heavy atom. The number of amides is 2. The van der Waals surface area contributed by atoms with E-state index in [2.05, 4.69) is 5.32 Å². The van der Waals surface area contributed by atoms with Gasteiger partial charge >= 0.3 is 12.0 Å². The molecule has 3 N–H and O–H groups in total. The molecule has 0 aromatic heterocycles. The van der Waals surface area contributed by atoms with Gasteiger partial charge in [-0.2, -0.15) is 0 Å². The third-order valence-corrected chi connectivity index (χ3v) is 2.25. The van der Waals surface area contributed by atoms with E-state index in [-0.39, 0.29) is 6.61 Å². The van der Waals surface area contributed by atoms with Gasteiger partial charge in [-0.15, -0.1) is 0 Å². The Morgan fingerprint density at radius 1 is 1.26 bits per heavy atom. The van der Waals surface area contributed by atoms with Gasteiger partial charge in [0.2, 0.25) is 0 Å². The van der Waals surface area contributed by atoms with Gasteiger partial charge in [0, 0.05) is 6.54 Å². The Kier molecular flexibility index (Phi) is 6.21. The maximum atomic E-state index is 11.6. The van der Waals surface area contributed by atoms with Crippen molar-refractivity contribution in [2.45, 2.75) is 13.3 Å². The minimum absolute atomic E-state index is 0.228. The monoisotopic (exact) mass is 266 g/mol. The van der Waals surface area contributed by atoms with Crippen molar-refractivity contribution in [2.75, 3.05) is 19.8 Å². The second-order valence-electron chi connectivity index (χ2n) is 3.74. The summed E-state index contributed by atoms with van der Waals surface area (Å²) in [6.07, 6.45) is 0.520. The van der Waals surface area contributed by atoms with Crippen LogP contribution in [0.3, 0.4) is 0 Å². The quantitative estimate of drug-likeness (QED) is 0.575. The van der Waals surface area contributed by atoms with E-state index in [1.165, 1.54) is 0 Å². The molecule has 0 aliphatic heterocycles. The number of benzene rings is 1. The summed E-state index contributed by atoms with van der Waals surface area (Å²) in [6.45, 7) is 3.08. The number of esters is 1. The summed E-state index contributed by atoms with van der Waals surface area (Å²) < 4.78 is 10.3. The first-order chi connectivity index (χ1) is 9.13. The summed E-state index contributed by atoms with van der Waals surface area (Å²) in [5.41, 5.74) is 5.36. The van der Waals surface area contributed by atoms with Crippen LogP contribution in [-0.2, 0) is 4.74 Å². The summed E-state index contributed by atoms with van der Waals surface area (Å²) in [7, 11) is 0. The van der Waals surface area contributed by atoms with E-state index in [9.17, 15) is 9.59 Å². The van der Waals surface area contributed by atoms with E-state index < -0.39 is 12.0 Å². The molecular formula is C13H18N2O4. The van der Waals surface area contributed by atoms with Crippen molar-refractivity contribution in [3.05, 3.63) is 29.8 Å². The lowest BCUT2D eigenvalue weighted by molar-refractivity contribution is 0.0501. The number of rotatable bonds is 7. The highest BCUT2D eigenvalue weighted by Gasteiger charge is 2.06. The predicted molar refractivity (Wildman–Crippen MR) is 70.1 cm³/mol. The third-order valence-electron chi connectivity index (χ3n) is 2.25. The molecule has 0 heterocycles. The zero-order valence-electron chi connectivity index (χ0n) is 10.8. The third kappa shape index (κ3) is 5.76. The van der Waals surface area contributed by atoms with Gasteiger partial charge in [0.25, 0.3) is 0 Å². The van der Waals surface area contributed by atoms with Gasteiger partial charge in [0.15, 0.2) is 0 Å². The fourth-order valence-corrected chi connectivity index (χ4v) is 1.39. The van der Waals surface area contributed by atoms with Crippen molar-refractivity contribution >= 4 is 12.0 Å². The molecule has 0 saturated heterocycles. The second kappa shape index (κ2) is 7.97. The van der Waals surface area contributed by atoms with E-state index in [4.69, 9.17) is 15.2 Å². The molecular weight excluding hydrogens is 248 g/mol. The predicted octanol–water partition coefficient (Wildman–Crippen LogP) is 1.30. The fraction of sp³-hybridized carbons (Fsp3) is 0.385. The van der Waals surface area contributed by atoms with Crippen molar-refractivity contribution in [1.29, 1.82) is 0 Å². The average Bonchev–Trinajstić information content (AvgIpc) is 2.39. The van der Waals surface area contributed by atoms with Crippen LogP contribution in [0.15, 0.2) is 24.3 Å². The number of carbonyl (C=O) groups is 2. The summed E-state index contributed by atoms with van der Waals surface area (Å²) in [5, 5.41) is 2.41. The number of hydrogen-bond donors (Lipinski definition) is 2. The van der Waals surface area contributed by atoms with Crippen LogP contribution in [0.1, 0.15) is 23.7 Å². The number of nitrogens with one attached hydrogen (secondary N) is 1. The molecule has 1 aromatic rings. The minimum atomic E-state index is -0.585. The number of nitrogens with two attached hydrogens (primary N) is 1. The number of hydrogen-bond acceptors (Lipinski definition) is 4. The molecule has 2 amide bonds. The lowest BCUT2D eigenvalue weighted by Crippen LogP contribution is -2.30. The Hall–Kier alpha value is -2.24. The number of primary amides is 1. The highest BCUT2D eigenvalue weighted by Crippen LogP contribution is 2.12. The van der Waals surface area contributed by atoms with Gasteiger partial charge in [-0.3, -0.25) is 0 Å². The zero-order valence-corrected chi connectivity index (χ0v) is 10.8. The molecule has 0 atom stereocenters. The van der Waals surface area contributed by atoms with Gasteiger partial charge in [0.05, 0.1) is 18.8 Å². The smallest absolute Gasteiger partial charge is 0.338 e. The number of carbonyl (C=O) groups excluding carboxylic acids is 2. The van der Waals surface area contributed by atoms with Crippen molar-refractivity contribution in [3.63, 3.8) is 0 Å². The van der Waals surface area contributed by atoms with Crippen LogP contribution in [0, 0.1) is 0 Å². The molecule has 19 heavy (non-hydrogen) atoms. The fourth-order valence-electron chi connectivity index (χ4n) is 1.39. The first-order valence-electron chi connectivity index (χ1n) is 6.06. The Balaban J connectivity index is 2.30. The largest absolute Gasteiger partial charge is 0.494 e. The minimum Gasteiger partial charge on any atom is -0.494 e. The van der Waals surface area contributed by atoms with Gasteiger partial charge in [-0.1, -0.05) is 0 Å². The van der Waals surface area contributed by atoms with Gasteiger partial charge in [-0.05, 0) is 37.6 Å². The van der Waals surface area contributed by atoms with E-state index in [1.807, 2.05) is 6.92 Å². The number of urea groups is 1. The van der Waals surface area contributed by atoms with Crippen LogP contribution in [0.2, 0.25) is 0 Å². The van der Waals surface area contributed by atoms with Gasteiger partial charge in [0.1, 0.15) is 5.75 Å². The van der Waals surface area contributed by atoms with E-state index >= 15 is 0 Å². The van der Waals surface area contributed by atoms with Crippen LogP contribution in [-0.4, -0.2) is 31.8 Å². The van der Waals surface area contributed by atoms with E-state index in [0.29, 0.717) is 30.9 Å². The standard InChI is InChI=1S/C13H18N2O4/c1-2-18-11-6-4-10(5-7-11)12(16)19-9-3-8-15-13(14)17/h4-7H,2-3,8-9H2,1H3,(H3,14,15,17). The van der Waals surface area contributed by atoms with Crippen molar-refractivity contribution in [2.24, 2.45) is 5.73 Å². The first kappa shape index (κ1) is 14.8. The van der Waals surface area contributed by atoms with Crippen molar-refractivity contribution < 1.29 is 19.1 Å². The number of ether oxygens (including phenoxy) is 2. The van der Waals surface area contributed by atoms with Gasteiger partial charge in [-0.25, -0.2) is 9.59 Å². The molecule has 0 aliphatic carbocycles. The molecule has 6 nitrogen and oxygen atoms in total. The molecule has 0 radical (unpaired) electrons. The summed E-state index contributed by atoms with van der Waals surface area (Å²) >= 11 is 0. The lowest BCUT2D eigenvalue weighted by atomic mass is 10.2. The van der Waals surface area contributed by atoms with Crippen LogP contribution in [0.25, 0.3) is 0 Å². The molecule has 0 spiro atoms. The van der Waals surface area contributed by atoms with Crippen molar-refractivity contribution in [3.8, 4) is 5.75 Å². The molecule has 1 rings (SSSR count). The SMILES string of the molecule is CCOc1ccc(C(=O)OCCCNC(N)=O)cc1. The van der Waals surface area contributed by atoms with E-state index in [0.717, 1.165) is 0 Å². The molecule has 104 valence electrons. The average molecular weight is 266 g/mol. The Morgan fingerprint density at radius 3 is 2.53 bits per heavy atom. The highest BCUT2D eigenvalue weighted by molar-refractivity contribution is 5.89. The molecule has 0 saturated carbocycles. The highest BCUT2D eigenvalue weighted by atomic mass is 16.5. The summed E-state index contributed by atoms with van der Waals surface area (Å²) in [4.78, 5) is 22.0. The van der Waals surface area contributed by atoms with Crippen LogP contribution in [0.4, 0.5) is 4.79 Å². The van der Waals surface area contributed by atoms with E-state index in [1.54, 1.807) is 24.3 Å². The molecule has 1 aromatic carbocycles. The molecule has 0 bridgehead atoms. The zero-order chi connectivity index (χ0) is 14.1. The first-order valence-corrected chi connectivity index (χ1v) is 6.06.